The van der Waals surface area contributed by atoms with Crippen LogP contribution in [0.5, 0.6) is 0 Å². The Morgan fingerprint density at radius 3 is 2.12 bits per heavy atom. The normalized spacial score (nSPS) is 22.3. The predicted molar refractivity (Wildman–Crippen MR) is 79.9 cm³/mol. The lowest BCUT2D eigenvalue weighted by atomic mass is 9.87. The number of halogens is 3. The number of nitrogens with one attached hydrogen (secondary N) is 1. The summed E-state index contributed by atoms with van der Waals surface area (Å²) in [6.45, 7) is 0. The van der Waals surface area contributed by atoms with Crippen LogP contribution >= 0.6 is 0 Å². The molecule has 0 radical (unpaired) electrons. The van der Waals surface area contributed by atoms with Crippen molar-refractivity contribution in [2.45, 2.75) is 49.2 Å². The SMILES string of the molecule is O=C(O)C1CCC(NS(=O)(=O)c2ccc(CC(F)(F)F)cc2)CC1. The van der Waals surface area contributed by atoms with Gasteiger partial charge in [-0.25, -0.2) is 13.1 Å². The fraction of sp³-hybridized carbons (Fsp3) is 0.533. The average Bonchev–Trinajstić information content (AvgIpc) is 2.46. The number of rotatable bonds is 5. The van der Waals surface area contributed by atoms with E-state index in [0.29, 0.717) is 25.7 Å². The molecule has 2 rings (SSSR count). The van der Waals surface area contributed by atoms with E-state index in [4.69, 9.17) is 5.11 Å². The van der Waals surface area contributed by atoms with Crippen LogP contribution in [0, 0.1) is 5.92 Å². The summed E-state index contributed by atoms with van der Waals surface area (Å²) in [5.41, 5.74) is -0.0107. The van der Waals surface area contributed by atoms with E-state index in [9.17, 15) is 26.4 Å². The number of hydrogen-bond donors (Lipinski definition) is 2. The minimum Gasteiger partial charge on any atom is -0.481 e. The third-order valence-corrected chi connectivity index (χ3v) is 5.57. The standard InChI is InChI=1S/C15H18F3NO4S/c16-15(17,18)9-10-1-7-13(8-2-10)24(22,23)19-12-5-3-11(4-6-12)14(20)21/h1-2,7-8,11-12,19H,3-6,9H2,(H,20,21). The highest BCUT2D eigenvalue weighted by atomic mass is 32.2. The number of carboxylic acid groups (broad SMARTS) is 1. The molecule has 24 heavy (non-hydrogen) atoms. The molecule has 0 amide bonds. The lowest BCUT2D eigenvalue weighted by Gasteiger charge is -2.26. The molecule has 1 fully saturated rings. The lowest BCUT2D eigenvalue weighted by molar-refractivity contribution is -0.142. The van der Waals surface area contributed by atoms with Crippen molar-refractivity contribution in [2.24, 2.45) is 5.92 Å². The molecule has 1 saturated carbocycles. The van der Waals surface area contributed by atoms with E-state index in [1.165, 1.54) is 0 Å². The van der Waals surface area contributed by atoms with E-state index < -0.39 is 34.5 Å². The summed E-state index contributed by atoms with van der Waals surface area (Å²) in [5.74, 6) is -1.33. The van der Waals surface area contributed by atoms with E-state index in [1.807, 2.05) is 0 Å². The van der Waals surface area contributed by atoms with Crippen LogP contribution in [0.25, 0.3) is 0 Å². The first-order valence-corrected chi connectivity index (χ1v) is 8.96. The van der Waals surface area contributed by atoms with E-state index in [0.717, 1.165) is 24.3 Å². The third kappa shape index (κ3) is 5.20. The molecule has 1 aromatic carbocycles. The van der Waals surface area contributed by atoms with Gasteiger partial charge in [0.15, 0.2) is 0 Å². The summed E-state index contributed by atoms with van der Waals surface area (Å²) in [4.78, 5) is 10.8. The molecular formula is C15H18F3NO4S. The van der Waals surface area contributed by atoms with E-state index in [-0.39, 0.29) is 16.5 Å². The number of carboxylic acids is 1. The molecule has 0 bridgehead atoms. The highest BCUT2D eigenvalue weighted by Gasteiger charge is 2.30. The van der Waals surface area contributed by atoms with Crippen LogP contribution in [0.1, 0.15) is 31.2 Å². The lowest BCUT2D eigenvalue weighted by Crippen LogP contribution is -2.38. The van der Waals surface area contributed by atoms with Crippen molar-refractivity contribution in [1.82, 2.24) is 4.72 Å². The fourth-order valence-corrected chi connectivity index (χ4v) is 4.07. The van der Waals surface area contributed by atoms with Crippen molar-refractivity contribution in [1.29, 1.82) is 0 Å². The Morgan fingerprint density at radius 1 is 1.12 bits per heavy atom. The zero-order chi connectivity index (χ0) is 18.0. The van der Waals surface area contributed by atoms with Crippen LogP contribution in [-0.2, 0) is 21.2 Å². The van der Waals surface area contributed by atoms with Crippen molar-refractivity contribution in [2.75, 3.05) is 0 Å². The van der Waals surface area contributed by atoms with Crippen LogP contribution in [0.3, 0.4) is 0 Å². The summed E-state index contributed by atoms with van der Waals surface area (Å²) < 4.78 is 63.9. The molecule has 0 aliphatic heterocycles. The van der Waals surface area contributed by atoms with Crippen LogP contribution in [0.4, 0.5) is 13.2 Å². The maximum Gasteiger partial charge on any atom is 0.393 e. The second kappa shape index (κ2) is 7.10. The van der Waals surface area contributed by atoms with Gasteiger partial charge in [0, 0.05) is 6.04 Å². The number of carbonyl (C=O) groups is 1. The maximum atomic E-state index is 12.3. The summed E-state index contributed by atoms with van der Waals surface area (Å²) in [5, 5.41) is 8.92. The molecule has 0 heterocycles. The predicted octanol–water partition coefficient (Wildman–Crippen LogP) is 2.71. The molecule has 9 heteroatoms. The van der Waals surface area contributed by atoms with Gasteiger partial charge in [-0.15, -0.1) is 0 Å². The molecule has 2 N–H and O–H groups in total. The Hall–Kier alpha value is -1.61. The smallest absolute Gasteiger partial charge is 0.393 e. The van der Waals surface area contributed by atoms with Gasteiger partial charge in [-0.3, -0.25) is 4.79 Å². The second-order valence-corrected chi connectivity index (χ2v) is 7.66. The van der Waals surface area contributed by atoms with Gasteiger partial charge >= 0.3 is 12.1 Å². The zero-order valence-electron chi connectivity index (χ0n) is 12.7. The third-order valence-electron chi connectivity index (χ3n) is 4.04. The van der Waals surface area contributed by atoms with Gasteiger partial charge in [-0.1, -0.05) is 12.1 Å². The number of aliphatic carboxylic acids is 1. The zero-order valence-corrected chi connectivity index (χ0v) is 13.5. The Labute approximate surface area is 137 Å². The van der Waals surface area contributed by atoms with Crippen LogP contribution in [-0.4, -0.2) is 31.7 Å². The van der Waals surface area contributed by atoms with E-state index in [2.05, 4.69) is 4.72 Å². The summed E-state index contributed by atoms with van der Waals surface area (Å²) >= 11 is 0. The Balaban J connectivity index is 1.99. The van der Waals surface area contributed by atoms with Crippen molar-refractivity contribution in [3.63, 3.8) is 0 Å². The summed E-state index contributed by atoms with van der Waals surface area (Å²) in [6.07, 6.45) is -3.83. The molecule has 0 aromatic heterocycles. The summed E-state index contributed by atoms with van der Waals surface area (Å²) in [7, 11) is -3.84. The molecule has 1 aliphatic carbocycles. The molecule has 0 unspecified atom stereocenters. The Kier molecular flexibility index (Phi) is 5.54. The largest absolute Gasteiger partial charge is 0.481 e. The Morgan fingerprint density at radius 2 is 1.67 bits per heavy atom. The van der Waals surface area contributed by atoms with Crippen LogP contribution < -0.4 is 4.72 Å². The topological polar surface area (TPSA) is 83.5 Å². The van der Waals surface area contributed by atoms with Crippen molar-refractivity contribution < 1.29 is 31.5 Å². The van der Waals surface area contributed by atoms with E-state index >= 15 is 0 Å². The van der Waals surface area contributed by atoms with Gasteiger partial charge in [-0.2, -0.15) is 13.2 Å². The van der Waals surface area contributed by atoms with Crippen molar-refractivity contribution in [3.8, 4) is 0 Å². The summed E-state index contributed by atoms with van der Waals surface area (Å²) in [6, 6.07) is 4.21. The molecule has 5 nitrogen and oxygen atoms in total. The average molecular weight is 365 g/mol. The van der Waals surface area contributed by atoms with Gasteiger partial charge in [0.25, 0.3) is 0 Å². The molecule has 1 aromatic rings. The molecule has 134 valence electrons. The molecule has 0 spiro atoms. The van der Waals surface area contributed by atoms with Gasteiger partial charge in [0.05, 0.1) is 17.2 Å². The number of sulfonamides is 1. The van der Waals surface area contributed by atoms with Crippen LogP contribution in [0.2, 0.25) is 0 Å². The molecule has 0 saturated heterocycles. The highest BCUT2D eigenvalue weighted by molar-refractivity contribution is 7.89. The monoisotopic (exact) mass is 365 g/mol. The Bertz CT molecular complexity index is 678. The molecule has 0 atom stereocenters. The highest BCUT2D eigenvalue weighted by Crippen LogP contribution is 2.26. The second-order valence-electron chi connectivity index (χ2n) is 5.94. The van der Waals surface area contributed by atoms with Crippen molar-refractivity contribution >= 4 is 16.0 Å². The van der Waals surface area contributed by atoms with Crippen LogP contribution in [0.15, 0.2) is 29.2 Å². The maximum absolute atomic E-state index is 12.3. The number of alkyl halides is 3. The quantitative estimate of drug-likeness (QED) is 0.840. The molecule has 1 aliphatic rings. The van der Waals surface area contributed by atoms with Gasteiger partial charge in [0.1, 0.15) is 0 Å². The first kappa shape index (κ1) is 18.7. The number of benzene rings is 1. The van der Waals surface area contributed by atoms with Gasteiger partial charge in [-0.05, 0) is 43.4 Å². The minimum absolute atomic E-state index is 0.0107. The molecular weight excluding hydrogens is 347 g/mol. The minimum atomic E-state index is -4.35. The van der Waals surface area contributed by atoms with Gasteiger partial charge < -0.3 is 5.11 Å². The first-order valence-electron chi connectivity index (χ1n) is 7.48. The number of hydrogen-bond acceptors (Lipinski definition) is 3. The van der Waals surface area contributed by atoms with Gasteiger partial charge in [0.2, 0.25) is 10.0 Å². The first-order chi connectivity index (χ1) is 11.1. The van der Waals surface area contributed by atoms with Crippen molar-refractivity contribution in [3.05, 3.63) is 29.8 Å². The van der Waals surface area contributed by atoms with E-state index in [1.54, 1.807) is 0 Å². The fourth-order valence-electron chi connectivity index (χ4n) is 2.76.